The number of nitrogens with zero attached hydrogens (tertiary/aromatic N) is 3. The van der Waals surface area contributed by atoms with E-state index in [4.69, 9.17) is 9.72 Å². The number of imide groups is 1. The van der Waals surface area contributed by atoms with Gasteiger partial charge in [0.05, 0.1) is 13.7 Å². The maximum absolute atomic E-state index is 12.6. The van der Waals surface area contributed by atoms with E-state index >= 15 is 0 Å². The highest BCUT2D eigenvalue weighted by atomic mass is 16.5. The summed E-state index contributed by atoms with van der Waals surface area (Å²) in [6, 6.07) is 12.0. The van der Waals surface area contributed by atoms with Gasteiger partial charge in [-0.25, -0.2) is 0 Å². The molecule has 0 aliphatic carbocycles. The zero-order chi connectivity index (χ0) is 21.8. The van der Waals surface area contributed by atoms with Crippen molar-refractivity contribution in [2.75, 3.05) is 38.6 Å². The number of rotatable bonds is 6. The lowest BCUT2D eigenvalue weighted by Gasteiger charge is -2.33. The van der Waals surface area contributed by atoms with Gasteiger partial charge in [-0.2, -0.15) is 0 Å². The highest BCUT2D eigenvalue weighted by Gasteiger charge is 2.30. The van der Waals surface area contributed by atoms with Gasteiger partial charge in [-0.05, 0) is 57.0 Å². The largest absolute Gasteiger partial charge is 0.497 e. The van der Waals surface area contributed by atoms with Crippen LogP contribution in [0.25, 0.3) is 0 Å². The molecular weight excluding hydrogens is 392 g/mol. The molecule has 7 heteroatoms. The smallest absolute Gasteiger partial charge is 0.243 e. The van der Waals surface area contributed by atoms with Gasteiger partial charge in [0.1, 0.15) is 5.75 Å². The van der Waals surface area contributed by atoms with Crippen LogP contribution in [0.4, 0.5) is 11.4 Å². The van der Waals surface area contributed by atoms with Crippen molar-refractivity contribution in [3.63, 3.8) is 0 Å². The normalized spacial score (nSPS) is 19.5. The Hall–Kier alpha value is -2.93. The number of pyridine rings is 1. The number of carbonyl (C=O) groups excluding carboxylic acids is 2. The minimum absolute atomic E-state index is 0.0350. The fraction of sp³-hybridized carbons (Fsp3) is 0.458. The van der Waals surface area contributed by atoms with Gasteiger partial charge in [-0.15, -0.1) is 0 Å². The van der Waals surface area contributed by atoms with Gasteiger partial charge in [0.2, 0.25) is 11.8 Å². The van der Waals surface area contributed by atoms with Crippen molar-refractivity contribution in [2.45, 2.75) is 38.5 Å². The van der Waals surface area contributed by atoms with Crippen LogP contribution in [-0.2, 0) is 9.59 Å². The molecule has 2 aliphatic heterocycles. The van der Waals surface area contributed by atoms with Crippen molar-refractivity contribution in [3.8, 4) is 5.75 Å². The lowest BCUT2D eigenvalue weighted by atomic mass is 9.93. The molecular formula is C24H30N4O3. The number of nitrogens with one attached hydrogen (secondary N) is 1. The number of anilines is 2. The van der Waals surface area contributed by atoms with E-state index in [1.165, 1.54) is 4.90 Å². The van der Waals surface area contributed by atoms with Crippen molar-refractivity contribution in [1.82, 2.24) is 14.8 Å². The average Bonchev–Trinajstić information content (AvgIpc) is 3.20. The minimum Gasteiger partial charge on any atom is -0.497 e. The maximum Gasteiger partial charge on any atom is 0.243 e. The lowest BCUT2D eigenvalue weighted by Crippen LogP contribution is -2.44. The van der Waals surface area contributed by atoms with Gasteiger partial charge in [-0.1, -0.05) is 6.07 Å². The van der Waals surface area contributed by atoms with Crippen LogP contribution in [0.1, 0.15) is 43.0 Å². The van der Waals surface area contributed by atoms with Crippen LogP contribution in [0.2, 0.25) is 0 Å². The monoisotopic (exact) mass is 422 g/mol. The van der Waals surface area contributed by atoms with Crippen LogP contribution in [0.5, 0.6) is 5.75 Å². The van der Waals surface area contributed by atoms with Gasteiger partial charge in [0, 0.05) is 54.3 Å². The van der Waals surface area contributed by atoms with E-state index < -0.39 is 0 Å². The Kier molecular flexibility index (Phi) is 6.51. The van der Waals surface area contributed by atoms with Crippen molar-refractivity contribution >= 4 is 23.2 Å². The van der Waals surface area contributed by atoms with E-state index in [0.717, 1.165) is 60.9 Å². The molecule has 2 aliphatic rings. The summed E-state index contributed by atoms with van der Waals surface area (Å²) in [5.74, 6) is 0.967. The van der Waals surface area contributed by atoms with E-state index in [0.29, 0.717) is 19.5 Å². The maximum atomic E-state index is 12.6. The summed E-state index contributed by atoms with van der Waals surface area (Å²) in [5.41, 5.74) is 3.95. The van der Waals surface area contributed by atoms with Gasteiger partial charge >= 0.3 is 0 Å². The molecule has 2 fully saturated rings. The van der Waals surface area contributed by atoms with E-state index in [9.17, 15) is 9.59 Å². The first-order valence-corrected chi connectivity index (χ1v) is 11.0. The summed E-state index contributed by atoms with van der Waals surface area (Å²) in [5, 5.41) is 3.45. The third-order valence-corrected chi connectivity index (χ3v) is 5.99. The second-order valence-electron chi connectivity index (χ2n) is 8.40. The molecule has 31 heavy (non-hydrogen) atoms. The van der Waals surface area contributed by atoms with Crippen LogP contribution < -0.4 is 10.1 Å². The van der Waals surface area contributed by atoms with Crippen LogP contribution in [0.15, 0.2) is 36.4 Å². The molecule has 2 amide bonds. The third-order valence-electron chi connectivity index (χ3n) is 5.99. The molecule has 0 saturated carbocycles. The van der Waals surface area contributed by atoms with E-state index in [1.54, 1.807) is 7.11 Å². The molecule has 4 rings (SSSR count). The number of aromatic nitrogens is 1. The molecule has 2 aromatic rings. The minimum atomic E-state index is -0.0688. The quantitative estimate of drug-likeness (QED) is 0.768. The second-order valence-corrected chi connectivity index (χ2v) is 8.40. The number of likely N-dealkylation sites (tertiary alicyclic amines) is 2. The van der Waals surface area contributed by atoms with Crippen LogP contribution in [0.3, 0.4) is 0 Å². The molecule has 0 radical (unpaired) electrons. The SMILES string of the molecule is COc1cccc(Nc2cc(C)nc([C@@H]3CCCN(CC(=O)N4CCCC4=O)C3)c2)c1. The summed E-state index contributed by atoms with van der Waals surface area (Å²) in [6.45, 7) is 4.54. The highest BCUT2D eigenvalue weighted by molar-refractivity contribution is 5.97. The summed E-state index contributed by atoms with van der Waals surface area (Å²) in [6.07, 6.45) is 3.33. The molecule has 1 aromatic heterocycles. The zero-order valence-corrected chi connectivity index (χ0v) is 18.3. The van der Waals surface area contributed by atoms with Crippen molar-refractivity contribution in [3.05, 3.63) is 47.8 Å². The molecule has 1 N–H and O–H groups in total. The molecule has 2 saturated heterocycles. The van der Waals surface area contributed by atoms with Crippen molar-refractivity contribution < 1.29 is 14.3 Å². The van der Waals surface area contributed by atoms with E-state index in [-0.39, 0.29) is 17.7 Å². The third kappa shape index (κ3) is 5.22. The molecule has 0 spiro atoms. The van der Waals surface area contributed by atoms with Gasteiger partial charge in [0.25, 0.3) is 0 Å². The first-order valence-electron chi connectivity index (χ1n) is 11.0. The average molecular weight is 423 g/mol. The van der Waals surface area contributed by atoms with Crippen LogP contribution in [-0.4, -0.2) is 59.9 Å². The Morgan fingerprint density at radius 2 is 2.06 bits per heavy atom. The number of carbonyl (C=O) groups is 2. The Bertz CT molecular complexity index is 962. The zero-order valence-electron chi connectivity index (χ0n) is 18.3. The Morgan fingerprint density at radius 3 is 2.84 bits per heavy atom. The van der Waals surface area contributed by atoms with Crippen molar-refractivity contribution in [2.24, 2.45) is 0 Å². The lowest BCUT2D eigenvalue weighted by molar-refractivity contribution is -0.142. The number of methoxy groups -OCH3 is 1. The van der Waals surface area contributed by atoms with Crippen LogP contribution >= 0.6 is 0 Å². The number of piperidine rings is 1. The Morgan fingerprint density at radius 1 is 1.19 bits per heavy atom. The number of benzene rings is 1. The van der Waals surface area contributed by atoms with Crippen LogP contribution in [0, 0.1) is 6.92 Å². The van der Waals surface area contributed by atoms with Gasteiger partial charge in [0.15, 0.2) is 0 Å². The molecule has 0 unspecified atom stereocenters. The number of aryl methyl sites for hydroxylation is 1. The summed E-state index contributed by atoms with van der Waals surface area (Å²) in [4.78, 5) is 32.8. The van der Waals surface area contributed by atoms with Crippen molar-refractivity contribution in [1.29, 1.82) is 0 Å². The fourth-order valence-corrected chi connectivity index (χ4v) is 4.47. The Balaban J connectivity index is 1.44. The highest BCUT2D eigenvalue weighted by Crippen LogP contribution is 2.29. The predicted octanol–water partition coefficient (Wildman–Crippen LogP) is 3.47. The standard InChI is InChI=1S/C24H30N4O3/c1-17-12-20(26-19-7-3-8-21(13-19)31-2)14-22(25-17)18-6-4-10-27(15-18)16-24(30)28-11-5-9-23(28)29/h3,7-8,12-14,18H,4-6,9-11,15-16H2,1-2H3,(H,25,26)/t18-/m1/s1. The first kappa shape index (κ1) is 21.3. The molecule has 0 bridgehead atoms. The van der Waals surface area contributed by atoms with E-state index in [1.807, 2.05) is 37.3 Å². The second kappa shape index (κ2) is 9.47. The molecule has 164 valence electrons. The number of amides is 2. The first-order chi connectivity index (χ1) is 15.0. The van der Waals surface area contributed by atoms with E-state index in [2.05, 4.69) is 16.3 Å². The number of ether oxygens (including phenoxy) is 1. The number of hydrogen-bond acceptors (Lipinski definition) is 6. The topological polar surface area (TPSA) is 74.8 Å². The summed E-state index contributed by atoms with van der Waals surface area (Å²) in [7, 11) is 1.66. The summed E-state index contributed by atoms with van der Waals surface area (Å²) >= 11 is 0. The fourth-order valence-electron chi connectivity index (χ4n) is 4.47. The molecule has 1 atom stereocenters. The Labute approximate surface area is 183 Å². The van der Waals surface area contributed by atoms with Gasteiger partial charge in [-0.3, -0.25) is 24.4 Å². The molecule has 1 aromatic carbocycles. The molecule has 7 nitrogen and oxygen atoms in total. The predicted molar refractivity (Wildman–Crippen MR) is 120 cm³/mol. The van der Waals surface area contributed by atoms with Gasteiger partial charge < -0.3 is 10.1 Å². The summed E-state index contributed by atoms with van der Waals surface area (Å²) < 4.78 is 5.31. The molecule has 3 heterocycles. The number of hydrogen-bond donors (Lipinski definition) is 1.